The van der Waals surface area contributed by atoms with Crippen LogP contribution in [0.4, 0.5) is 17.1 Å². The largest absolute Gasteiger partial charge is 0.508 e. The zero-order chi connectivity index (χ0) is 84.5. The molecule has 0 aromatic heterocycles. The number of aromatic hydroxyl groups is 4. The van der Waals surface area contributed by atoms with Crippen molar-refractivity contribution in [3.8, 4) is 46.0 Å². The Kier molecular flexibility index (Phi) is 21.4. The lowest BCUT2D eigenvalue weighted by Crippen LogP contribution is -2.46. The van der Waals surface area contributed by atoms with Gasteiger partial charge in [0.1, 0.15) is 62.6 Å². The lowest BCUT2D eigenvalue weighted by atomic mass is 9.76. The molecule has 122 heavy (non-hydrogen) atoms. The Morgan fingerprint density at radius 3 is 0.648 bits per heavy atom. The number of carbonyl (C=O) groups is 3. The van der Waals surface area contributed by atoms with Gasteiger partial charge in [-0.2, -0.15) is 0 Å². The number of para-hydroxylation sites is 3. The van der Waals surface area contributed by atoms with Gasteiger partial charge in [-0.1, -0.05) is 205 Å². The number of nitrogens with zero attached hydrogens (tertiary/aromatic N) is 3. The van der Waals surface area contributed by atoms with Gasteiger partial charge in [0.05, 0.1) is 19.6 Å². The van der Waals surface area contributed by atoms with Gasteiger partial charge in [-0.3, -0.25) is 29.1 Å². The molecule has 0 fully saturated rings. The summed E-state index contributed by atoms with van der Waals surface area (Å²) in [4.78, 5) is 48.4. The van der Waals surface area contributed by atoms with Crippen molar-refractivity contribution < 1.29 is 61.1 Å². The molecule has 2 unspecified atom stereocenters. The second kappa shape index (κ2) is 32.8. The molecule has 0 aliphatic carbocycles. The molecule has 3 amide bonds. The number of benzene rings is 16. The number of halogens is 2. The molecule has 16 aromatic carbocycles. The average Bonchev–Trinajstić information content (AvgIpc) is 1.55. The van der Waals surface area contributed by atoms with E-state index in [4.69, 9.17) is 32.7 Å². The van der Waals surface area contributed by atoms with Crippen molar-refractivity contribution in [1.29, 1.82) is 0 Å². The Bertz CT molecular complexity index is 6460. The van der Waals surface area contributed by atoms with Crippen LogP contribution in [-0.4, -0.2) is 55.0 Å². The minimum atomic E-state index is -3.94. The Hall–Kier alpha value is -14.8. The molecule has 0 bridgehead atoms. The van der Waals surface area contributed by atoms with Crippen LogP contribution < -0.4 is 24.2 Å². The predicted molar refractivity (Wildman–Crippen MR) is 471 cm³/mol. The van der Waals surface area contributed by atoms with Crippen LogP contribution in [-0.2, 0) is 36.3 Å². The van der Waals surface area contributed by atoms with E-state index in [-0.39, 0.29) is 60.3 Å². The molecule has 3 heterocycles. The molecular weight excluding hydrogens is 1610 g/mol. The molecule has 2 atom stereocenters. The van der Waals surface area contributed by atoms with Crippen molar-refractivity contribution in [1.82, 2.24) is 0 Å². The molecule has 19 rings (SSSR count). The van der Waals surface area contributed by atoms with Gasteiger partial charge in [-0.25, -0.2) is 16.8 Å². The first kappa shape index (κ1) is 79.7. The van der Waals surface area contributed by atoms with Gasteiger partial charge in [0, 0.05) is 43.8 Å². The fourth-order valence-corrected chi connectivity index (χ4v) is 19.3. The maximum Gasteiger partial charge on any atom is 0.260 e. The van der Waals surface area contributed by atoms with E-state index in [0.717, 1.165) is 55.8 Å². The fraction of sp³-hybridized carbons (Fsp3) is 0.0294. The van der Waals surface area contributed by atoms with Crippen molar-refractivity contribution in [3.05, 3.63) is 483 Å². The van der Waals surface area contributed by atoms with Gasteiger partial charge in [0.15, 0.2) is 0 Å². The standard InChI is InChI=1S/C64H44N2O8S.C26H19NO3.C12H8Cl2O2S/c67-49-27-19-43(20-28-49)63(59-17-9-7-15-57(59)61(69)65(63)47-11-3-1-4-12-47)45-23-31-51(32-24-45)73-53-35-39-55(40-36-53)75(71,72)56-41-37-54(38-42-56)74-52-33-25-46(26-34-52)64(44-21-29-50(68)30-22-44)60-18-10-8-16-58(60)62(70)66(64)48-13-5-2-6-14-48;28-21-14-10-18(11-15-21)26(19-12-16-22(29)17-13-19)24-9-5-4-8-23(24)25(30)27(26)20-6-2-1-3-7-20;13-9-1-5-11(6-2-9)17(15,16)12-7-3-10(14)4-8-12/h1-42,67-68H;1-17,28-29H;1-8H. The molecule has 16 aromatic rings. The topological polar surface area (TPSA) is 229 Å². The summed E-state index contributed by atoms with van der Waals surface area (Å²) in [5.41, 5.74) is 8.09. The summed E-state index contributed by atoms with van der Waals surface area (Å²) in [7, 11) is -7.43. The highest BCUT2D eigenvalue weighted by Crippen LogP contribution is 2.55. The van der Waals surface area contributed by atoms with Crippen molar-refractivity contribution >= 4 is 77.7 Å². The smallest absolute Gasteiger partial charge is 0.260 e. The van der Waals surface area contributed by atoms with Gasteiger partial charge >= 0.3 is 0 Å². The van der Waals surface area contributed by atoms with Gasteiger partial charge in [-0.15, -0.1) is 0 Å². The van der Waals surface area contributed by atoms with E-state index in [1.165, 1.54) is 48.5 Å². The van der Waals surface area contributed by atoms with Crippen molar-refractivity contribution in [3.63, 3.8) is 0 Å². The van der Waals surface area contributed by atoms with Crippen LogP contribution in [0.2, 0.25) is 10.0 Å². The minimum absolute atomic E-state index is 0.0786. The van der Waals surface area contributed by atoms with Crippen LogP contribution in [0, 0.1) is 0 Å². The second-order valence-corrected chi connectivity index (χ2v) is 33.8. The highest BCUT2D eigenvalue weighted by molar-refractivity contribution is 7.91. The summed E-state index contributed by atoms with van der Waals surface area (Å²) in [5, 5.41) is 41.4. The summed E-state index contributed by atoms with van der Waals surface area (Å²) < 4.78 is 64.8. The fourth-order valence-electron chi connectivity index (χ4n) is 16.5. The van der Waals surface area contributed by atoms with Crippen LogP contribution in [0.25, 0.3) is 0 Å². The van der Waals surface area contributed by atoms with E-state index in [9.17, 15) is 51.6 Å². The number of amides is 3. The highest BCUT2D eigenvalue weighted by atomic mass is 35.5. The number of anilines is 3. The van der Waals surface area contributed by atoms with E-state index in [1.807, 2.05) is 261 Å². The summed E-state index contributed by atoms with van der Waals surface area (Å²) in [6.45, 7) is 0. The van der Waals surface area contributed by atoms with Gasteiger partial charge < -0.3 is 29.9 Å². The number of hydrogen-bond donors (Lipinski definition) is 4. The molecule has 3 aliphatic heterocycles. The number of ether oxygens (including phenoxy) is 2. The zero-order valence-electron chi connectivity index (χ0n) is 64.6. The molecule has 16 nitrogen and oxygen atoms in total. The third-order valence-electron chi connectivity index (χ3n) is 22.0. The molecule has 0 radical (unpaired) electrons. The average molecular weight is 1680 g/mol. The molecule has 0 spiro atoms. The SMILES string of the molecule is O=C1c2ccccc2C(c2ccc(O)cc2)(c2ccc(O)cc2)N1c1ccccc1.O=C1c2ccccc2C(c2ccc(O)cc2)(c2ccc(Oc3ccc(S(=O)(=O)c4ccc(Oc5ccc(C6(c7ccc(O)cc7)c7ccccc7C(=O)N6c6ccccc6)cc5)cc4)cc3)cc2)N1c1ccccc1.O=S(=O)(c1ccc(Cl)cc1)c1ccc(Cl)cc1. The Morgan fingerprint density at radius 1 is 0.230 bits per heavy atom. The first-order valence-corrected chi connectivity index (χ1v) is 42.3. The van der Waals surface area contributed by atoms with Crippen molar-refractivity contribution in [2.75, 3.05) is 14.7 Å². The molecule has 4 N–H and O–H groups in total. The van der Waals surface area contributed by atoms with E-state index in [1.54, 1.807) is 112 Å². The molecule has 0 saturated heterocycles. The number of rotatable bonds is 17. The molecule has 20 heteroatoms. The number of phenols is 4. The number of phenolic OH excluding ortho intramolecular Hbond substituents is 4. The molecular formula is C102H71Cl2N3O13S2. The van der Waals surface area contributed by atoms with Crippen LogP contribution in [0.5, 0.6) is 46.0 Å². The van der Waals surface area contributed by atoms with E-state index in [2.05, 4.69) is 0 Å². The first-order valence-electron chi connectivity index (χ1n) is 38.6. The first-order chi connectivity index (χ1) is 59.2. The van der Waals surface area contributed by atoms with Crippen molar-refractivity contribution in [2.24, 2.45) is 0 Å². The number of carbonyl (C=O) groups excluding carboxylic acids is 3. The third-order valence-corrected chi connectivity index (χ3v) is 26.0. The maximum atomic E-state index is 14.4. The second-order valence-electron chi connectivity index (χ2n) is 29.0. The van der Waals surface area contributed by atoms with E-state index < -0.39 is 36.3 Å². The zero-order valence-corrected chi connectivity index (χ0v) is 67.7. The highest BCUT2D eigenvalue weighted by Gasteiger charge is 2.56. The van der Waals surface area contributed by atoms with Gasteiger partial charge in [-0.05, 0) is 275 Å². The quantitative estimate of drug-likeness (QED) is 0.0666. The number of sulfone groups is 2. The van der Waals surface area contributed by atoms with E-state index in [0.29, 0.717) is 61.1 Å². The number of fused-ring (bicyclic) bond motifs is 3. The predicted octanol–water partition coefficient (Wildman–Crippen LogP) is 22.3. The summed E-state index contributed by atoms with van der Waals surface area (Å²) in [5.74, 6) is 1.94. The summed E-state index contributed by atoms with van der Waals surface area (Å²) >= 11 is 11.4. The normalized spacial score (nSPS) is 15.5. The Balaban J connectivity index is 0.000000182. The van der Waals surface area contributed by atoms with Crippen LogP contribution in [0.15, 0.2) is 426 Å². The maximum absolute atomic E-state index is 14.4. The van der Waals surface area contributed by atoms with E-state index >= 15 is 0 Å². The Morgan fingerprint density at radius 2 is 0.418 bits per heavy atom. The summed E-state index contributed by atoms with van der Waals surface area (Å²) in [6.07, 6.45) is 0. The van der Waals surface area contributed by atoms with Crippen LogP contribution >= 0.6 is 23.2 Å². The van der Waals surface area contributed by atoms with Crippen LogP contribution in [0.3, 0.4) is 0 Å². The van der Waals surface area contributed by atoms with Crippen LogP contribution in [0.1, 0.15) is 81.1 Å². The Labute approximate surface area is 713 Å². The molecule has 3 aliphatic rings. The molecule has 0 saturated carbocycles. The lowest BCUT2D eigenvalue weighted by molar-refractivity contribution is 0.0978. The minimum Gasteiger partial charge on any atom is -0.508 e. The third kappa shape index (κ3) is 14.3. The number of hydrogen-bond acceptors (Lipinski definition) is 13. The van der Waals surface area contributed by atoms with Gasteiger partial charge in [0.2, 0.25) is 19.7 Å². The summed E-state index contributed by atoms with van der Waals surface area (Å²) in [6, 6.07) is 118. The molecule has 598 valence electrons. The van der Waals surface area contributed by atoms with Crippen molar-refractivity contribution in [2.45, 2.75) is 36.2 Å². The van der Waals surface area contributed by atoms with Gasteiger partial charge in [0.25, 0.3) is 17.7 Å². The monoisotopic (exact) mass is 1680 g/mol. The lowest BCUT2D eigenvalue weighted by Gasteiger charge is -2.40.